The van der Waals surface area contributed by atoms with Gasteiger partial charge >= 0.3 is 5.97 Å². The summed E-state index contributed by atoms with van der Waals surface area (Å²) in [6, 6.07) is 20.2. The molecule has 1 aromatic heterocycles. The number of piperidine rings is 3. The van der Waals surface area contributed by atoms with Gasteiger partial charge in [0.05, 0.1) is 11.6 Å². The molecule has 8 rings (SSSR count). The van der Waals surface area contributed by atoms with Crippen LogP contribution in [0.1, 0.15) is 75.6 Å². The molecule has 12 nitrogen and oxygen atoms in total. The number of aliphatic hydroxyl groups excluding tert-OH is 1. The number of fused-ring (bicyclic) bond motifs is 5. The predicted octanol–water partition coefficient (Wildman–Crippen LogP) is 3.28. The summed E-state index contributed by atoms with van der Waals surface area (Å²) in [5.41, 5.74) is 1.63. The van der Waals surface area contributed by atoms with Crippen molar-refractivity contribution >= 4 is 28.7 Å². The lowest BCUT2D eigenvalue weighted by atomic mass is 9.85. The van der Waals surface area contributed by atoms with Gasteiger partial charge in [0, 0.05) is 42.2 Å². The number of ether oxygens (including phenoxy) is 1. The van der Waals surface area contributed by atoms with Gasteiger partial charge < -0.3 is 35.9 Å². The van der Waals surface area contributed by atoms with Crippen molar-refractivity contribution in [3.63, 3.8) is 0 Å². The van der Waals surface area contributed by atoms with Crippen molar-refractivity contribution in [2.45, 2.75) is 56.3 Å². The number of H-pyrrole nitrogens is 1. The van der Waals surface area contributed by atoms with Gasteiger partial charge in [-0.25, -0.2) is 4.79 Å². The van der Waals surface area contributed by atoms with Gasteiger partial charge in [0.2, 0.25) is 5.56 Å². The van der Waals surface area contributed by atoms with E-state index in [0.717, 1.165) is 50.0 Å². The van der Waals surface area contributed by atoms with Crippen molar-refractivity contribution in [1.29, 1.82) is 0 Å². The molecule has 2 bridgehead atoms. The Morgan fingerprint density at radius 1 is 0.942 bits per heavy atom. The number of rotatable bonds is 13. The molecule has 2 amide bonds. The summed E-state index contributed by atoms with van der Waals surface area (Å²) in [5, 5.41) is 30.6. The molecule has 4 heterocycles. The number of aromatic nitrogens is 1. The molecule has 3 aromatic carbocycles. The highest BCUT2D eigenvalue weighted by molar-refractivity contribution is 6.02. The largest absolute Gasteiger partial charge is 0.506 e. The van der Waals surface area contributed by atoms with Crippen molar-refractivity contribution < 1.29 is 29.3 Å². The standard InChI is InChI=1S/C40H45N5O7/c46-32-12-10-29(30-11-13-35(48)43-36(30)32)33(47)23-41-18-3-4-19-42-37(49)27-7-5-8-28(22-27)38(50)44-40(17-14-25-6-1-2-9-31(25)40)39(51)52-34-24-45-20-15-26(34)16-21-45/h1-2,5-13,22,26,33-34,41,46-47H,3-4,14-21,23-24H2,(H,42,49)(H,43,48)(H,44,50)/t33?,34-,40?/m0/s1. The van der Waals surface area contributed by atoms with E-state index in [2.05, 4.69) is 25.8 Å². The van der Waals surface area contributed by atoms with Gasteiger partial charge in [0.1, 0.15) is 11.9 Å². The highest BCUT2D eigenvalue weighted by atomic mass is 16.5. The monoisotopic (exact) mass is 707 g/mol. The molecule has 12 heteroatoms. The number of aromatic hydroxyl groups is 1. The van der Waals surface area contributed by atoms with Crippen LogP contribution in [0.4, 0.5) is 0 Å². The second-order valence-electron chi connectivity index (χ2n) is 14.1. The van der Waals surface area contributed by atoms with E-state index in [0.29, 0.717) is 54.8 Å². The Kier molecular flexibility index (Phi) is 10.4. The van der Waals surface area contributed by atoms with E-state index in [4.69, 9.17) is 4.74 Å². The Bertz CT molecular complexity index is 2020. The number of phenols is 1. The van der Waals surface area contributed by atoms with E-state index in [1.807, 2.05) is 24.3 Å². The molecule has 4 aromatic rings. The van der Waals surface area contributed by atoms with Gasteiger partial charge in [-0.05, 0) is 111 Å². The number of aliphatic hydroxyl groups is 1. The minimum atomic E-state index is -1.31. The first-order chi connectivity index (χ1) is 25.2. The van der Waals surface area contributed by atoms with Gasteiger partial charge in [0.15, 0.2) is 5.54 Å². The lowest BCUT2D eigenvalue weighted by molar-refractivity contribution is -0.167. The third-order valence-corrected chi connectivity index (χ3v) is 10.8. The number of nitrogens with zero attached hydrogens (tertiary/aromatic N) is 1. The third-order valence-electron chi connectivity index (χ3n) is 10.8. The van der Waals surface area contributed by atoms with Crippen LogP contribution in [0.15, 0.2) is 77.6 Å². The number of phenolic OH excluding ortho intramolecular Hbond substituents is 1. The lowest BCUT2D eigenvalue weighted by Gasteiger charge is -2.45. The van der Waals surface area contributed by atoms with Crippen LogP contribution in [-0.2, 0) is 21.5 Å². The second-order valence-corrected chi connectivity index (χ2v) is 14.1. The van der Waals surface area contributed by atoms with Crippen LogP contribution in [0.3, 0.4) is 0 Å². The average molecular weight is 708 g/mol. The average Bonchev–Trinajstić information content (AvgIpc) is 3.54. The summed E-state index contributed by atoms with van der Waals surface area (Å²) in [6.45, 7) is 4.07. The normalized spacial score (nSPS) is 22.4. The molecule has 2 unspecified atom stereocenters. The number of pyridine rings is 1. The highest BCUT2D eigenvalue weighted by Gasteiger charge is 2.50. The lowest BCUT2D eigenvalue weighted by Crippen LogP contribution is -2.56. The van der Waals surface area contributed by atoms with Crippen molar-refractivity contribution in [3.05, 3.63) is 111 Å². The number of hydrogen-bond acceptors (Lipinski definition) is 9. The van der Waals surface area contributed by atoms with Crippen LogP contribution in [-0.4, -0.2) is 83.3 Å². The molecule has 3 atom stereocenters. The van der Waals surface area contributed by atoms with Gasteiger partial charge in [0.25, 0.3) is 11.8 Å². The summed E-state index contributed by atoms with van der Waals surface area (Å²) in [5.74, 6) is -0.898. The molecule has 3 aliphatic heterocycles. The van der Waals surface area contributed by atoms with Crippen molar-refractivity contribution in [3.8, 4) is 5.75 Å². The minimum absolute atomic E-state index is 0.0612. The molecule has 0 radical (unpaired) electrons. The molecular formula is C40H45N5O7. The fourth-order valence-electron chi connectivity index (χ4n) is 7.93. The Morgan fingerprint density at radius 3 is 2.50 bits per heavy atom. The van der Waals surface area contributed by atoms with Gasteiger partial charge in [-0.1, -0.05) is 36.4 Å². The molecule has 6 N–H and O–H groups in total. The maximum Gasteiger partial charge on any atom is 0.336 e. The topological polar surface area (TPSA) is 173 Å². The van der Waals surface area contributed by atoms with Crippen LogP contribution in [0, 0.1) is 5.92 Å². The molecule has 272 valence electrons. The predicted molar refractivity (Wildman–Crippen MR) is 195 cm³/mol. The Balaban J connectivity index is 0.911. The number of carbonyl (C=O) groups is 3. The van der Waals surface area contributed by atoms with E-state index in [1.54, 1.807) is 36.4 Å². The summed E-state index contributed by atoms with van der Waals surface area (Å²) in [6.07, 6.45) is 3.44. The zero-order valence-electron chi connectivity index (χ0n) is 29.0. The van der Waals surface area contributed by atoms with Crippen molar-refractivity contribution in [2.75, 3.05) is 39.3 Å². The van der Waals surface area contributed by atoms with Crippen LogP contribution >= 0.6 is 0 Å². The molecule has 0 spiro atoms. The molecule has 3 fully saturated rings. The Hall–Kier alpha value is -5.04. The van der Waals surface area contributed by atoms with Crippen LogP contribution in [0.25, 0.3) is 10.9 Å². The van der Waals surface area contributed by atoms with Gasteiger partial charge in [-0.2, -0.15) is 0 Å². The summed E-state index contributed by atoms with van der Waals surface area (Å²) in [7, 11) is 0. The van der Waals surface area contributed by atoms with Crippen molar-refractivity contribution in [2.24, 2.45) is 5.92 Å². The first-order valence-electron chi connectivity index (χ1n) is 18.2. The highest BCUT2D eigenvalue weighted by Crippen LogP contribution is 2.40. The number of amides is 2. The fraction of sp³-hybridized carbons (Fsp3) is 0.400. The fourth-order valence-corrected chi connectivity index (χ4v) is 7.93. The van der Waals surface area contributed by atoms with E-state index in [9.17, 15) is 29.4 Å². The summed E-state index contributed by atoms with van der Waals surface area (Å²) in [4.78, 5) is 57.5. The van der Waals surface area contributed by atoms with Gasteiger partial charge in [-0.15, -0.1) is 0 Å². The summed E-state index contributed by atoms with van der Waals surface area (Å²) < 4.78 is 6.21. The van der Waals surface area contributed by atoms with Crippen molar-refractivity contribution in [1.82, 2.24) is 25.8 Å². The van der Waals surface area contributed by atoms with E-state index < -0.39 is 23.5 Å². The molecular weight excluding hydrogens is 662 g/mol. The Labute approximate surface area is 301 Å². The zero-order valence-corrected chi connectivity index (χ0v) is 29.0. The maximum absolute atomic E-state index is 14.0. The Morgan fingerprint density at radius 2 is 1.71 bits per heavy atom. The molecule has 3 saturated heterocycles. The maximum atomic E-state index is 14.0. The second kappa shape index (κ2) is 15.3. The molecule has 52 heavy (non-hydrogen) atoms. The van der Waals surface area contributed by atoms with E-state index in [1.165, 1.54) is 12.1 Å². The van der Waals surface area contributed by atoms with Crippen LogP contribution in [0.5, 0.6) is 5.75 Å². The number of benzene rings is 3. The number of aryl methyl sites for hydroxylation is 1. The van der Waals surface area contributed by atoms with Crippen LogP contribution in [0.2, 0.25) is 0 Å². The van der Waals surface area contributed by atoms with Crippen LogP contribution < -0.4 is 21.5 Å². The van der Waals surface area contributed by atoms with E-state index in [-0.39, 0.29) is 40.9 Å². The zero-order chi connectivity index (χ0) is 36.2. The number of hydrogen-bond donors (Lipinski definition) is 6. The molecule has 1 aliphatic carbocycles. The molecule has 0 saturated carbocycles. The number of esters is 1. The minimum Gasteiger partial charge on any atom is -0.506 e. The first kappa shape index (κ1) is 35.4. The number of aromatic amines is 1. The number of nitrogens with one attached hydrogen (secondary N) is 4. The van der Waals surface area contributed by atoms with Gasteiger partial charge in [-0.3, -0.25) is 19.3 Å². The summed E-state index contributed by atoms with van der Waals surface area (Å²) >= 11 is 0. The first-order valence-corrected chi connectivity index (χ1v) is 18.2. The smallest absolute Gasteiger partial charge is 0.336 e. The molecule has 4 aliphatic rings. The quantitative estimate of drug-likeness (QED) is 0.0901. The third kappa shape index (κ3) is 7.32. The SMILES string of the molecule is O=C(NCCCCNCC(O)c1ccc(O)c2[nH]c(=O)ccc12)c1cccc(C(=O)NC2(C(=O)O[C@H]3CN4CCC3CC4)CCc3ccccc32)c1. The number of carbonyl (C=O) groups excluding carboxylic acids is 3. The van der Waals surface area contributed by atoms with E-state index >= 15 is 0 Å². The number of unbranched alkanes of at least 4 members (excludes halogenated alkanes) is 1.